The number of hydrazine groups is 1. The summed E-state index contributed by atoms with van der Waals surface area (Å²) in [6.07, 6.45) is 0.00159. The Morgan fingerprint density at radius 3 is 2.46 bits per heavy atom. The van der Waals surface area contributed by atoms with Crippen LogP contribution in [0.2, 0.25) is 0 Å². The fourth-order valence-corrected chi connectivity index (χ4v) is 3.13. The lowest BCUT2D eigenvalue weighted by Gasteiger charge is -2.06. The number of halogens is 2. The average molecular weight is 346 g/mol. The first kappa shape index (κ1) is 16.1. The zero-order valence-corrected chi connectivity index (χ0v) is 13.1. The Morgan fingerprint density at radius 2 is 1.75 bits per heavy atom. The standard InChI is InChI=1S/C17H12F2N2O2S/c18-11-6-4-10(5-7-11)8-16(22)20-21-17(23)15-9-12-13(19)2-1-3-14(12)24-15/h1-7,9H,8H2,(H,20,22)(H,21,23). The summed E-state index contributed by atoms with van der Waals surface area (Å²) in [5.41, 5.74) is 5.19. The Morgan fingerprint density at radius 1 is 1.00 bits per heavy atom. The Hall–Kier alpha value is -2.80. The third-order valence-corrected chi connectivity index (χ3v) is 4.42. The molecule has 0 atom stereocenters. The minimum atomic E-state index is -0.525. The van der Waals surface area contributed by atoms with Gasteiger partial charge in [-0.25, -0.2) is 8.78 Å². The summed E-state index contributed by atoms with van der Waals surface area (Å²) in [6.45, 7) is 0. The molecular formula is C17H12F2N2O2S. The summed E-state index contributed by atoms with van der Waals surface area (Å²) in [7, 11) is 0. The number of carbonyl (C=O) groups excluding carboxylic acids is 2. The molecule has 4 nitrogen and oxygen atoms in total. The van der Waals surface area contributed by atoms with Gasteiger partial charge in [-0.15, -0.1) is 11.3 Å². The van der Waals surface area contributed by atoms with E-state index in [1.165, 1.54) is 36.4 Å². The monoisotopic (exact) mass is 346 g/mol. The molecule has 3 aromatic rings. The predicted octanol–water partition coefficient (Wildman–Crippen LogP) is 3.18. The van der Waals surface area contributed by atoms with Crippen LogP contribution in [-0.4, -0.2) is 11.8 Å². The lowest BCUT2D eigenvalue weighted by Crippen LogP contribution is -2.42. The molecule has 2 N–H and O–H groups in total. The number of fused-ring (bicyclic) bond motifs is 1. The van der Waals surface area contributed by atoms with Crippen LogP contribution in [0.25, 0.3) is 10.1 Å². The summed E-state index contributed by atoms with van der Waals surface area (Å²) in [5, 5.41) is 0.366. The molecule has 0 radical (unpaired) electrons. The van der Waals surface area contributed by atoms with Crippen LogP contribution in [0.15, 0.2) is 48.5 Å². The Bertz CT molecular complexity index is 907. The van der Waals surface area contributed by atoms with Crippen molar-refractivity contribution in [3.8, 4) is 0 Å². The molecule has 0 aliphatic heterocycles. The highest BCUT2D eigenvalue weighted by atomic mass is 32.1. The fourth-order valence-electron chi connectivity index (χ4n) is 2.16. The first-order valence-electron chi connectivity index (χ1n) is 7.04. The van der Waals surface area contributed by atoms with E-state index >= 15 is 0 Å². The number of benzene rings is 2. The molecule has 1 heterocycles. The van der Waals surface area contributed by atoms with Gasteiger partial charge in [0.2, 0.25) is 5.91 Å². The molecule has 0 saturated carbocycles. The minimum Gasteiger partial charge on any atom is -0.273 e. The lowest BCUT2D eigenvalue weighted by atomic mass is 10.1. The van der Waals surface area contributed by atoms with Gasteiger partial charge in [-0.05, 0) is 35.9 Å². The van der Waals surface area contributed by atoms with E-state index in [0.29, 0.717) is 15.6 Å². The zero-order valence-electron chi connectivity index (χ0n) is 12.3. The van der Waals surface area contributed by atoms with E-state index in [0.717, 1.165) is 11.3 Å². The molecule has 0 saturated heterocycles. The summed E-state index contributed by atoms with van der Waals surface area (Å²) in [6, 6.07) is 11.5. The van der Waals surface area contributed by atoms with Gasteiger partial charge < -0.3 is 0 Å². The normalized spacial score (nSPS) is 10.6. The van der Waals surface area contributed by atoms with Crippen LogP contribution in [0.4, 0.5) is 8.78 Å². The molecule has 0 aliphatic rings. The highest BCUT2D eigenvalue weighted by Crippen LogP contribution is 2.27. The maximum atomic E-state index is 13.6. The van der Waals surface area contributed by atoms with Gasteiger partial charge in [-0.1, -0.05) is 18.2 Å². The number of rotatable bonds is 3. The van der Waals surface area contributed by atoms with Crippen LogP contribution in [0, 0.1) is 11.6 Å². The van der Waals surface area contributed by atoms with E-state index in [1.54, 1.807) is 12.1 Å². The summed E-state index contributed by atoms with van der Waals surface area (Å²) >= 11 is 1.13. The van der Waals surface area contributed by atoms with Gasteiger partial charge in [0, 0.05) is 10.1 Å². The van der Waals surface area contributed by atoms with Crippen molar-refractivity contribution >= 4 is 33.2 Å². The minimum absolute atomic E-state index is 0.00159. The third-order valence-electron chi connectivity index (χ3n) is 3.33. The molecule has 0 unspecified atom stereocenters. The fraction of sp³-hybridized carbons (Fsp3) is 0.0588. The van der Waals surface area contributed by atoms with Crippen molar-refractivity contribution in [3.05, 3.63) is 70.6 Å². The second-order valence-corrected chi connectivity index (χ2v) is 6.15. The van der Waals surface area contributed by atoms with Gasteiger partial charge in [0.25, 0.3) is 5.91 Å². The summed E-state index contributed by atoms with van der Waals surface area (Å²) < 4.78 is 27.1. The number of hydrogen-bond acceptors (Lipinski definition) is 3. The van der Waals surface area contributed by atoms with Crippen molar-refractivity contribution in [3.63, 3.8) is 0 Å². The molecule has 24 heavy (non-hydrogen) atoms. The highest BCUT2D eigenvalue weighted by Gasteiger charge is 2.13. The molecule has 122 valence electrons. The van der Waals surface area contributed by atoms with Crippen LogP contribution in [-0.2, 0) is 11.2 Å². The first-order chi connectivity index (χ1) is 11.5. The Balaban J connectivity index is 1.60. The van der Waals surface area contributed by atoms with Crippen LogP contribution in [0.3, 0.4) is 0 Å². The second-order valence-electron chi connectivity index (χ2n) is 5.07. The molecule has 3 rings (SSSR count). The topological polar surface area (TPSA) is 58.2 Å². The van der Waals surface area contributed by atoms with E-state index in [9.17, 15) is 18.4 Å². The predicted molar refractivity (Wildman–Crippen MR) is 87.5 cm³/mol. The van der Waals surface area contributed by atoms with E-state index < -0.39 is 17.6 Å². The van der Waals surface area contributed by atoms with Crippen LogP contribution in [0.5, 0.6) is 0 Å². The van der Waals surface area contributed by atoms with Gasteiger partial charge in [0.15, 0.2) is 0 Å². The lowest BCUT2D eigenvalue weighted by molar-refractivity contribution is -0.121. The maximum absolute atomic E-state index is 13.6. The highest BCUT2D eigenvalue weighted by molar-refractivity contribution is 7.20. The van der Waals surface area contributed by atoms with Gasteiger partial charge in [-0.3, -0.25) is 20.4 Å². The molecule has 1 aromatic heterocycles. The van der Waals surface area contributed by atoms with Crippen LogP contribution >= 0.6 is 11.3 Å². The van der Waals surface area contributed by atoms with Crippen molar-refractivity contribution in [2.24, 2.45) is 0 Å². The average Bonchev–Trinajstić information content (AvgIpc) is 3.00. The summed E-state index contributed by atoms with van der Waals surface area (Å²) in [5.74, 6) is -1.75. The number of amides is 2. The van der Waals surface area contributed by atoms with Gasteiger partial charge in [-0.2, -0.15) is 0 Å². The van der Waals surface area contributed by atoms with E-state index in [1.807, 2.05) is 0 Å². The van der Waals surface area contributed by atoms with Gasteiger partial charge >= 0.3 is 0 Å². The molecule has 7 heteroatoms. The van der Waals surface area contributed by atoms with Crippen LogP contribution in [0.1, 0.15) is 15.2 Å². The zero-order chi connectivity index (χ0) is 17.1. The smallest absolute Gasteiger partial charge is 0.273 e. The number of nitrogens with one attached hydrogen (secondary N) is 2. The maximum Gasteiger partial charge on any atom is 0.279 e. The van der Waals surface area contributed by atoms with Gasteiger partial charge in [0.05, 0.1) is 11.3 Å². The van der Waals surface area contributed by atoms with Crippen molar-refractivity contribution < 1.29 is 18.4 Å². The van der Waals surface area contributed by atoms with E-state index in [-0.39, 0.29) is 17.1 Å². The summed E-state index contributed by atoms with van der Waals surface area (Å²) in [4.78, 5) is 24.1. The van der Waals surface area contributed by atoms with Crippen molar-refractivity contribution in [2.45, 2.75) is 6.42 Å². The number of hydrogen-bond donors (Lipinski definition) is 2. The quantitative estimate of drug-likeness (QED) is 0.716. The molecule has 2 aromatic carbocycles. The van der Waals surface area contributed by atoms with Crippen molar-refractivity contribution in [1.82, 2.24) is 10.9 Å². The Labute approximate surface area is 140 Å². The number of carbonyl (C=O) groups is 2. The van der Waals surface area contributed by atoms with E-state index in [2.05, 4.69) is 10.9 Å². The van der Waals surface area contributed by atoms with Gasteiger partial charge in [0.1, 0.15) is 11.6 Å². The SMILES string of the molecule is O=C(Cc1ccc(F)cc1)NNC(=O)c1cc2c(F)cccc2s1. The number of thiophene rings is 1. The molecular weight excluding hydrogens is 334 g/mol. The largest absolute Gasteiger partial charge is 0.279 e. The molecule has 0 spiro atoms. The third kappa shape index (κ3) is 3.57. The molecule has 0 bridgehead atoms. The molecule has 0 fully saturated rings. The first-order valence-corrected chi connectivity index (χ1v) is 7.86. The van der Waals surface area contributed by atoms with Crippen molar-refractivity contribution in [2.75, 3.05) is 0 Å². The van der Waals surface area contributed by atoms with E-state index in [4.69, 9.17) is 0 Å². The molecule has 2 amide bonds. The van der Waals surface area contributed by atoms with Crippen LogP contribution < -0.4 is 10.9 Å². The van der Waals surface area contributed by atoms with Crippen molar-refractivity contribution in [1.29, 1.82) is 0 Å². The Kier molecular flexibility index (Phi) is 4.52. The second kappa shape index (κ2) is 6.76. The molecule has 0 aliphatic carbocycles.